The largest absolute Gasteiger partial charge is 0.242 e. The van der Waals surface area contributed by atoms with Crippen molar-refractivity contribution in [2.75, 3.05) is 12.1 Å². The van der Waals surface area contributed by atoms with Crippen LogP contribution in [0.15, 0.2) is 0 Å². The third-order valence-electron chi connectivity index (χ3n) is 1.08. The SMILES string of the molecule is CN1S(=O)(=O)CS1(=O)=O. The van der Waals surface area contributed by atoms with Gasteiger partial charge in [-0.1, -0.05) is 3.71 Å². The predicted octanol–water partition coefficient (Wildman–Crippen LogP) is -1.45. The molecule has 0 spiro atoms. The van der Waals surface area contributed by atoms with Crippen LogP contribution in [0.1, 0.15) is 0 Å². The first kappa shape index (κ1) is 6.97. The number of rotatable bonds is 0. The van der Waals surface area contributed by atoms with Crippen molar-refractivity contribution in [2.45, 2.75) is 0 Å². The minimum Gasteiger partial charge on any atom is -0.210 e. The molecule has 0 bridgehead atoms. The summed E-state index contributed by atoms with van der Waals surface area (Å²) >= 11 is 0. The summed E-state index contributed by atoms with van der Waals surface area (Å²) < 4.78 is 41.9. The van der Waals surface area contributed by atoms with Gasteiger partial charge in [-0.25, -0.2) is 16.8 Å². The van der Waals surface area contributed by atoms with Crippen molar-refractivity contribution in [1.82, 2.24) is 3.71 Å². The molecule has 1 heterocycles. The number of sulfonamides is 2. The summed E-state index contributed by atoms with van der Waals surface area (Å²) in [5.41, 5.74) is 0. The molecule has 0 saturated carbocycles. The van der Waals surface area contributed by atoms with Crippen molar-refractivity contribution >= 4 is 20.0 Å². The van der Waals surface area contributed by atoms with Gasteiger partial charge in [0, 0.05) is 7.05 Å². The zero-order valence-electron chi connectivity index (χ0n) is 4.60. The van der Waals surface area contributed by atoms with Gasteiger partial charge < -0.3 is 0 Å². The molecular weight excluding hydrogens is 166 g/mol. The highest BCUT2D eigenvalue weighted by molar-refractivity contribution is 8.19. The summed E-state index contributed by atoms with van der Waals surface area (Å²) in [5.74, 6) is 0. The van der Waals surface area contributed by atoms with Crippen LogP contribution in [-0.4, -0.2) is 32.7 Å². The molecule has 0 aromatic rings. The quantitative estimate of drug-likeness (QED) is 0.447. The van der Waals surface area contributed by atoms with E-state index < -0.39 is 25.1 Å². The van der Waals surface area contributed by atoms with Crippen LogP contribution in [0.5, 0.6) is 0 Å². The topological polar surface area (TPSA) is 71.5 Å². The molecule has 1 aliphatic heterocycles. The second-order valence-electron chi connectivity index (χ2n) is 1.72. The predicted molar refractivity (Wildman–Crippen MR) is 30.5 cm³/mol. The lowest BCUT2D eigenvalue weighted by atomic mass is 11.6. The van der Waals surface area contributed by atoms with Gasteiger partial charge in [-0.2, -0.15) is 0 Å². The Kier molecular flexibility index (Phi) is 1.14. The maximum atomic E-state index is 10.4. The molecule has 0 aromatic heterocycles. The number of nitrogens with zero attached hydrogens (tertiary/aromatic N) is 1. The van der Waals surface area contributed by atoms with Gasteiger partial charge in [0.15, 0.2) is 5.08 Å². The average molecular weight is 171 g/mol. The Morgan fingerprint density at radius 1 is 1.11 bits per heavy atom. The average Bonchev–Trinajstić information content (AvgIpc) is 1.63. The lowest BCUT2D eigenvalue weighted by Crippen LogP contribution is -2.49. The van der Waals surface area contributed by atoms with E-state index in [2.05, 4.69) is 0 Å². The summed E-state index contributed by atoms with van der Waals surface area (Å²) in [5, 5.41) is -0.740. The van der Waals surface area contributed by atoms with Crippen LogP contribution in [0.3, 0.4) is 0 Å². The highest BCUT2D eigenvalue weighted by atomic mass is 32.3. The molecule has 0 N–H and O–H groups in total. The van der Waals surface area contributed by atoms with E-state index in [0.717, 1.165) is 7.05 Å². The summed E-state index contributed by atoms with van der Waals surface area (Å²) in [6.07, 6.45) is 0. The van der Waals surface area contributed by atoms with Crippen LogP contribution in [0, 0.1) is 0 Å². The van der Waals surface area contributed by atoms with E-state index in [1.54, 1.807) is 0 Å². The second-order valence-corrected chi connectivity index (χ2v) is 6.32. The molecule has 0 amide bonds. The summed E-state index contributed by atoms with van der Waals surface area (Å²) in [4.78, 5) is 0. The zero-order chi connectivity index (χ0) is 7.28. The van der Waals surface area contributed by atoms with Crippen molar-refractivity contribution in [3.05, 3.63) is 0 Å². The molecular formula is C2H5NO4S2. The monoisotopic (exact) mass is 171 g/mol. The third-order valence-corrected chi connectivity index (χ3v) is 6.39. The van der Waals surface area contributed by atoms with Crippen LogP contribution in [0.4, 0.5) is 0 Å². The van der Waals surface area contributed by atoms with E-state index in [-0.39, 0.29) is 0 Å². The summed E-state index contributed by atoms with van der Waals surface area (Å²) in [6, 6.07) is 0. The first-order valence-corrected chi connectivity index (χ1v) is 5.27. The third kappa shape index (κ3) is 0.846. The van der Waals surface area contributed by atoms with Gasteiger partial charge in [-0.15, -0.1) is 0 Å². The fourth-order valence-corrected chi connectivity index (χ4v) is 4.13. The minimum atomic E-state index is -3.42. The maximum Gasteiger partial charge on any atom is 0.242 e. The fourth-order valence-electron chi connectivity index (χ4n) is 0.459. The van der Waals surface area contributed by atoms with E-state index in [1.807, 2.05) is 0 Å². The van der Waals surface area contributed by atoms with Crippen LogP contribution >= 0.6 is 0 Å². The Bertz CT molecular complexity index is 278. The second kappa shape index (κ2) is 1.47. The van der Waals surface area contributed by atoms with Gasteiger partial charge in [0.2, 0.25) is 20.0 Å². The Balaban J connectivity index is 3.14. The Labute approximate surface area is 53.4 Å². The molecule has 54 valence electrons. The van der Waals surface area contributed by atoms with Crippen molar-refractivity contribution < 1.29 is 16.8 Å². The van der Waals surface area contributed by atoms with Gasteiger partial charge in [0.05, 0.1) is 0 Å². The normalized spacial score (nSPS) is 31.2. The van der Waals surface area contributed by atoms with Crippen molar-refractivity contribution in [3.63, 3.8) is 0 Å². The fraction of sp³-hybridized carbons (Fsp3) is 1.00. The number of hydrogen-bond donors (Lipinski definition) is 0. The first-order chi connectivity index (χ1) is 3.86. The van der Waals surface area contributed by atoms with Gasteiger partial charge in [-0.05, 0) is 0 Å². The lowest BCUT2D eigenvalue weighted by Gasteiger charge is -2.24. The highest BCUT2D eigenvalue weighted by Gasteiger charge is 2.45. The molecule has 1 saturated heterocycles. The summed E-state index contributed by atoms with van der Waals surface area (Å²) in [6.45, 7) is 0. The maximum absolute atomic E-state index is 10.4. The van der Waals surface area contributed by atoms with E-state index in [4.69, 9.17) is 0 Å². The molecule has 7 heteroatoms. The van der Waals surface area contributed by atoms with Crippen LogP contribution < -0.4 is 0 Å². The van der Waals surface area contributed by atoms with Gasteiger partial charge in [-0.3, -0.25) is 0 Å². The van der Waals surface area contributed by atoms with Crippen molar-refractivity contribution in [3.8, 4) is 0 Å². The Morgan fingerprint density at radius 3 is 1.44 bits per heavy atom. The molecule has 0 atom stereocenters. The molecule has 1 aliphatic rings. The van der Waals surface area contributed by atoms with E-state index >= 15 is 0 Å². The highest BCUT2D eigenvalue weighted by Crippen LogP contribution is 2.19. The Hall–Kier alpha value is -0.140. The summed E-state index contributed by atoms with van der Waals surface area (Å²) in [7, 11) is -5.82. The number of hydrogen-bond acceptors (Lipinski definition) is 4. The Morgan fingerprint density at radius 2 is 1.44 bits per heavy atom. The molecule has 0 aliphatic carbocycles. The van der Waals surface area contributed by atoms with Crippen molar-refractivity contribution in [2.24, 2.45) is 0 Å². The van der Waals surface area contributed by atoms with Gasteiger partial charge >= 0.3 is 0 Å². The lowest BCUT2D eigenvalue weighted by molar-refractivity contribution is 0.511. The molecule has 0 radical (unpaired) electrons. The molecule has 0 aromatic carbocycles. The van der Waals surface area contributed by atoms with Crippen molar-refractivity contribution in [1.29, 1.82) is 0 Å². The standard InChI is InChI=1S/C2H5NO4S2/c1-3-8(4,5)2-9(3,6)7/h2H2,1H3. The van der Waals surface area contributed by atoms with E-state index in [0.29, 0.717) is 3.71 Å². The van der Waals surface area contributed by atoms with E-state index in [1.165, 1.54) is 0 Å². The molecule has 1 fully saturated rings. The smallest absolute Gasteiger partial charge is 0.210 e. The molecule has 9 heavy (non-hydrogen) atoms. The van der Waals surface area contributed by atoms with E-state index in [9.17, 15) is 16.8 Å². The first-order valence-electron chi connectivity index (χ1n) is 2.06. The van der Waals surface area contributed by atoms with Crippen LogP contribution in [0.25, 0.3) is 0 Å². The van der Waals surface area contributed by atoms with Gasteiger partial charge in [0.1, 0.15) is 0 Å². The molecule has 5 nitrogen and oxygen atoms in total. The minimum absolute atomic E-state index is 0.375. The zero-order valence-corrected chi connectivity index (χ0v) is 6.24. The molecule has 0 unspecified atom stereocenters. The van der Waals surface area contributed by atoms with Crippen LogP contribution in [-0.2, 0) is 20.0 Å². The molecule has 1 rings (SSSR count). The van der Waals surface area contributed by atoms with Crippen LogP contribution in [0.2, 0.25) is 0 Å². The van der Waals surface area contributed by atoms with Gasteiger partial charge in [0.25, 0.3) is 0 Å².